The maximum atomic E-state index is 6.00. The zero-order valence-corrected chi connectivity index (χ0v) is 10.5. The van der Waals surface area contributed by atoms with Gasteiger partial charge in [-0.2, -0.15) is 0 Å². The van der Waals surface area contributed by atoms with Crippen LogP contribution in [0.5, 0.6) is 11.5 Å². The summed E-state index contributed by atoms with van der Waals surface area (Å²) in [6, 6.07) is 13.8. The number of benzene rings is 2. The van der Waals surface area contributed by atoms with Crippen LogP contribution in [0.4, 0.5) is 0 Å². The quantitative estimate of drug-likeness (QED) is 0.656. The van der Waals surface area contributed by atoms with Crippen molar-refractivity contribution in [3.8, 4) is 22.8 Å². The van der Waals surface area contributed by atoms with Crippen LogP contribution in [-0.4, -0.2) is 7.11 Å². The van der Waals surface area contributed by atoms with E-state index in [4.69, 9.17) is 13.9 Å². The Morgan fingerprint density at radius 2 is 2.00 bits per heavy atom. The Morgan fingerprint density at radius 1 is 1.11 bits per heavy atom. The van der Waals surface area contributed by atoms with Crippen LogP contribution >= 0.6 is 0 Å². The number of ether oxygens (including phenoxy) is 2. The molecule has 0 spiro atoms. The summed E-state index contributed by atoms with van der Waals surface area (Å²) in [5.41, 5.74) is 2.96. The number of hydrogen-bond donors (Lipinski definition) is 0. The Hall–Kier alpha value is -2.42. The van der Waals surface area contributed by atoms with Crippen molar-refractivity contribution in [1.82, 2.24) is 0 Å². The van der Waals surface area contributed by atoms with Crippen LogP contribution in [0.1, 0.15) is 5.56 Å². The minimum absolute atomic E-state index is 0.547. The Morgan fingerprint density at radius 3 is 2.89 bits per heavy atom. The fourth-order valence-corrected chi connectivity index (χ4v) is 2.55. The number of furan rings is 1. The molecular formula is C16H12O3. The van der Waals surface area contributed by atoms with Gasteiger partial charge in [0.05, 0.1) is 12.7 Å². The molecule has 3 aromatic rings. The molecule has 0 saturated heterocycles. The highest BCUT2D eigenvalue weighted by atomic mass is 16.5. The van der Waals surface area contributed by atoms with E-state index < -0.39 is 0 Å². The molecule has 19 heavy (non-hydrogen) atoms. The van der Waals surface area contributed by atoms with Crippen molar-refractivity contribution in [2.24, 2.45) is 0 Å². The van der Waals surface area contributed by atoms with Crippen molar-refractivity contribution in [2.75, 3.05) is 7.11 Å². The lowest BCUT2D eigenvalue weighted by Gasteiger charge is -2.16. The second-order valence-corrected chi connectivity index (χ2v) is 4.56. The zero-order valence-electron chi connectivity index (χ0n) is 10.5. The van der Waals surface area contributed by atoms with Gasteiger partial charge in [0.15, 0.2) is 0 Å². The molecule has 1 aliphatic heterocycles. The summed E-state index contributed by atoms with van der Waals surface area (Å²) in [6.45, 7) is 0.547. The topological polar surface area (TPSA) is 31.6 Å². The van der Waals surface area contributed by atoms with Crippen LogP contribution in [0.3, 0.4) is 0 Å². The van der Waals surface area contributed by atoms with Gasteiger partial charge in [0.2, 0.25) is 0 Å². The molecule has 1 aliphatic rings. The van der Waals surface area contributed by atoms with Gasteiger partial charge < -0.3 is 13.9 Å². The first-order valence-corrected chi connectivity index (χ1v) is 6.18. The minimum Gasteiger partial charge on any atom is -0.497 e. The first kappa shape index (κ1) is 10.5. The molecule has 3 nitrogen and oxygen atoms in total. The van der Waals surface area contributed by atoms with E-state index in [1.807, 2.05) is 42.5 Å². The summed E-state index contributed by atoms with van der Waals surface area (Å²) in [7, 11) is 1.66. The van der Waals surface area contributed by atoms with Crippen LogP contribution in [0.15, 0.2) is 46.9 Å². The molecule has 0 aliphatic carbocycles. The normalized spacial score (nSPS) is 12.7. The standard InChI is InChI=1S/C16H12O3/c1-17-10-6-7-11-13-9-18-14-5-3-2-4-12(14)16(13)19-15(11)8-10/h2-8H,9H2,1H3. The Balaban J connectivity index is 2.01. The Bertz CT molecular complexity index is 771. The van der Waals surface area contributed by atoms with Gasteiger partial charge in [-0.05, 0) is 24.3 Å². The third-order valence-electron chi connectivity index (χ3n) is 3.50. The molecule has 4 rings (SSSR count). The Labute approximate surface area is 110 Å². The van der Waals surface area contributed by atoms with E-state index in [-0.39, 0.29) is 0 Å². The first-order chi connectivity index (χ1) is 9.36. The fraction of sp³-hybridized carbons (Fsp3) is 0.125. The van der Waals surface area contributed by atoms with Crippen LogP contribution in [0, 0.1) is 0 Å². The Kier molecular flexibility index (Phi) is 2.09. The SMILES string of the molecule is COc1ccc2c3c(oc2c1)-c1ccccc1OC3. The number of hydrogen-bond acceptors (Lipinski definition) is 3. The van der Waals surface area contributed by atoms with Gasteiger partial charge in [-0.3, -0.25) is 0 Å². The van der Waals surface area contributed by atoms with Gasteiger partial charge in [-0.25, -0.2) is 0 Å². The summed E-state index contributed by atoms with van der Waals surface area (Å²) in [5.74, 6) is 2.58. The van der Waals surface area contributed by atoms with E-state index in [1.165, 1.54) is 0 Å². The molecule has 0 atom stereocenters. The van der Waals surface area contributed by atoms with E-state index in [9.17, 15) is 0 Å². The van der Waals surface area contributed by atoms with Crippen molar-refractivity contribution in [1.29, 1.82) is 0 Å². The smallest absolute Gasteiger partial charge is 0.145 e. The van der Waals surface area contributed by atoms with Gasteiger partial charge in [-0.1, -0.05) is 12.1 Å². The average Bonchev–Trinajstić information content (AvgIpc) is 2.85. The first-order valence-electron chi connectivity index (χ1n) is 6.18. The van der Waals surface area contributed by atoms with E-state index in [2.05, 4.69) is 0 Å². The molecule has 0 amide bonds. The van der Waals surface area contributed by atoms with Crippen molar-refractivity contribution in [3.05, 3.63) is 48.0 Å². The van der Waals surface area contributed by atoms with Crippen molar-refractivity contribution >= 4 is 11.0 Å². The minimum atomic E-state index is 0.547. The van der Waals surface area contributed by atoms with E-state index in [0.29, 0.717) is 6.61 Å². The summed E-state index contributed by atoms with van der Waals surface area (Å²) < 4.78 is 17.0. The van der Waals surface area contributed by atoms with Gasteiger partial charge >= 0.3 is 0 Å². The summed E-state index contributed by atoms with van der Waals surface area (Å²) >= 11 is 0. The van der Waals surface area contributed by atoms with Crippen LogP contribution < -0.4 is 9.47 Å². The monoisotopic (exact) mass is 252 g/mol. The van der Waals surface area contributed by atoms with Crippen LogP contribution in [0.2, 0.25) is 0 Å². The van der Waals surface area contributed by atoms with Crippen molar-refractivity contribution in [3.63, 3.8) is 0 Å². The lowest BCUT2D eigenvalue weighted by Crippen LogP contribution is -2.03. The molecule has 0 radical (unpaired) electrons. The second-order valence-electron chi connectivity index (χ2n) is 4.56. The molecule has 0 bridgehead atoms. The molecule has 94 valence electrons. The van der Waals surface area contributed by atoms with Crippen LogP contribution in [0.25, 0.3) is 22.3 Å². The lowest BCUT2D eigenvalue weighted by molar-refractivity contribution is 0.300. The van der Waals surface area contributed by atoms with Gasteiger partial charge in [0, 0.05) is 17.0 Å². The number of rotatable bonds is 1. The molecule has 0 fully saturated rings. The maximum Gasteiger partial charge on any atom is 0.145 e. The predicted molar refractivity (Wildman–Crippen MR) is 72.5 cm³/mol. The summed E-state index contributed by atoms with van der Waals surface area (Å²) in [6.07, 6.45) is 0. The maximum absolute atomic E-state index is 6.00. The highest BCUT2D eigenvalue weighted by molar-refractivity contribution is 5.90. The number of fused-ring (bicyclic) bond motifs is 5. The summed E-state index contributed by atoms with van der Waals surface area (Å²) in [5, 5.41) is 1.09. The molecule has 3 heteroatoms. The van der Waals surface area contributed by atoms with Crippen molar-refractivity contribution in [2.45, 2.75) is 6.61 Å². The average molecular weight is 252 g/mol. The zero-order chi connectivity index (χ0) is 12.8. The molecule has 2 aromatic carbocycles. The lowest BCUT2D eigenvalue weighted by atomic mass is 10.0. The van der Waals surface area contributed by atoms with Gasteiger partial charge in [0.25, 0.3) is 0 Å². The van der Waals surface area contributed by atoms with E-state index >= 15 is 0 Å². The molecule has 0 unspecified atom stereocenters. The molecule has 1 aromatic heterocycles. The van der Waals surface area contributed by atoms with Crippen molar-refractivity contribution < 1.29 is 13.9 Å². The third kappa shape index (κ3) is 1.45. The number of methoxy groups -OCH3 is 1. The highest BCUT2D eigenvalue weighted by Crippen LogP contribution is 2.42. The largest absolute Gasteiger partial charge is 0.497 e. The van der Waals surface area contributed by atoms with Gasteiger partial charge in [-0.15, -0.1) is 0 Å². The molecule has 2 heterocycles. The third-order valence-corrected chi connectivity index (χ3v) is 3.50. The second kappa shape index (κ2) is 3.79. The van der Waals surface area contributed by atoms with Gasteiger partial charge in [0.1, 0.15) is 29.4 Å². The fourth-order valence-electron chi connectivity index (χ4n) is 2.55. The van der Waals surface area contributed by atoms with E-state index in [1.54, 1.807) is 7.11 Å². The summed E-state index contributed by atoms with van der Waals surface area (Å²) in [4.78, 5) is 0. The molecule has 0 saturated carbocycles. The van der Waals surface area contributed by atoms with E-state index in [0.717, 1.165) is 39.4 Å². The number of para-hydroxylation sites is 1. The predicted octanol–water partition coefficient (Wildman–Crippen LogP) is 4.00. The molecular weight excluding hydrogens is 240 g/mol. The van der Waals surface area contributed by atoms with Crippen LogP contribution in [-0.2, 0) is 6.61 Å². The highest BCUT2D eigenvalue weighted by Gasteiger charge is 2.23. The molecule has 0 N–H and O–H groups in total.